The fourth-order valence-electron chi connectivity index (χ4n) is 5.66. The van der Waals surface area contributed by atoms with E-state index in [0.717, 1.165) is 25.9 Å². The molecule has 2 unspecified atom stereocenters. The summed E-state index contributed by atoms with van der Waals surface area (Å²) in [5.74, 6) is 0.696. The average molecular weight is 578 g/mol. The van der Waals surface area contributed by atoms with Crippen LogP contribution in [-0.2, 0) is 0 Å². The van der Waals surface area contributed by atoms with Crippen molar-refractivity contribution in [2.45, 2.75) is 181 Å². The summed E-state index contributed by atoms with van der Waals surface area (Å²) in [6.45, 7) is 6.84. The fraction of sp³-hybridized carbons (Fsp3) is 0.895. The third-order valence-electron chi connectivity index (χ3n) is 8.63. The molecule has 3 heteroatoms. The summed E-state index contributed by atoms with van der Waals surface area (Å²) >= 11 is 0. The lowest BCUT2D eigenvalue weighted by atomic mass is 9.99. The first-order valence-corrected chi connectivity index (χ1v) is 18.5. The molecule has 0 heterocycles. The van der Waals surface area contributed by atoms with E-state index in [9.17, 15) is 10.2 Å². The topological polar surface area (TPSA) is 52.5 Å². The molecule has 0 amide bonds. The Hall–Kier alpha value is -0.640. The molecule has 0 spiro atoms. The molecule has 0 aliphatic carbocycles. The maximum atomic E-state index is 9.79. The largest absolute Gasteiger partial charge is 0.396 e. The molecule has 0 aromatic heterocycles. The third kappa shape index (κ3) is 32.1. The van der Waals surface area contributed by atoms with E-state index in [1.54, 1.807) is 0 Å². The van der Waals surface area contributed by atoms with Crippen LogP contribution in [0.15, 0.2) is 24.3 Å². The normalized spacial score (nSPS) is 13.6. The second kappa shape index (κ2) is 35.6. The predicted octanol–water partition coefficient (Wildman–Crippen LogP) is 11.1. The number of allylic oxidation sites excluding steroid dienone is 4. The lowest BCUT2D eigenvalue weighted by Gasteiger charge is -2.19. The number of hydrogen-bond acceptors (Lipinski definition) is 3. The van der Waals surface area contributed by atoms with Crippen LogP contribution in [0.5, 0.6) is 0 Å². The number of nitrogens with one attached hydrogen (secondary N) is 1. The molecular formula is C38H75NO2. The van der Waals surface area contributed by atoms with Crippen molar-refractivity contribution in [1.82, 2.24) is 5.32 Å². The zero-order valence-corrected chi connectivity index (χ0v) is 28.1. The van der Waals surface area contributed by atoms with Crippen molar-refractivity contribution < 1.29 is 10.2 Å². The van der Waals surface area contributed by atoms with Gasteiger partial charge in [0.05, 0.1) is 0 Å². The van der Waals surface area contributed by atoms with Crippen LogP contribution in [0.2, 0.25) is 0 Å². The molecule has 0 aromatic carbocycles. The average Bonchev–Trinajstić information content (AvgIpc) is 2.99. The summed E-state index contributed by atoms with van der Waals surface area (Å²) in [5.41, 5.74) is 0. The molecule has 0 rings (SSSR count). The zero-order chi connectivity index (χ0) is 29.9. The van der Waals surface area contributed by atoms with E-state index in [0.29, 0.717) is 11.8 Å². The van der Waals surface area contributed by atoms with E-state index >= 15 is 0 Å². The highest BCUT2D eigenvalue weighted by Gasteiger charge is 2.10. The van der Waals surface area contributed by atoms with Crippen molar-refractivity contribution in [2.24, 2.45) is 11.8 Å². The van der Waals surface area contributed by atoms with Gasteiger partial charge in [0.1, 0.15) is 0 Å². The van der Waals surface area contributed by atoms with Gasteiger partial charge in [0.25, 0.3) is 0 Å². The second-order valence-corrected chi connectivity index (χ2v) is 12.8. The van der Waals surface area contributed by atoms with E-state index in [4.69, 9.17) is 0 Å². The molecule has 0 aliphatic heterocycles. The first-order valence-electron chi connectivity index (χ1n) is 18.5. The number of hydrogen-bond donors (Lipinski definition) is 3. The van der Waals surface area contributed by atoms with Crippen molar-refractivity contribution >= 4 is 0 Å². The summed E-state index contributed by atoms with van der Waals surface area (Å²) in [6, 6.07) is 0. The molecule has 41 heavy (non-hydrogen) atoms. The Labute approximate surface area is 258 Å². The molecule has 3 nitrogen and oxygen atoms in total. The van der Waals surface area contributed by atoms with Crippen LogP contribution in [0.1, 0.15) is 181 Å². The Morgan fingerprint density at radius 3 is 1.02 bits per heavy atom. The number of unbranched alkanes of at least 4 members (excludes halogenated alkanes) is 20. The Morgan fingerprint density at radius 2 is 0.707 bits per heavy atom. The van der Waals surface area contributed by atoms with Crippen LogP contribution in [0, 0.1) is 11.8 Å². The van der Waals surface area contributed by atoms with Gasteiger partial charge in [0.15, 0.2) is 0 Å². The van der Waals surface area contributed by atoms with Crippen LogP contribution < -0.4 is 5.32 Å². The quantitative estimate of drug-likeness (QED) is 0.0526. The monoisotopic (exact) mass is 578 g/mol. The van der Waals surface area contributed by atoms with Crippen molar-refractivity contribution in [3.05, 3.63) is 24.3 Å². The number of aliphatic hydroxyl groups excluding tert-OH is 2. The highest BCUT2D eigenvalue weighted by atomic mass is 16.3. The van der Waals surface area contributed by atoms with Crippen LogP contribution >= 0.6 is 0 Å². The van der Waals surface area contributed by atoms with E-state index < -0.39 is 0 Å². The third-order valence-corrected chi connectivity index (χ3v) is 8.63. The lowest BCUT2D eigenvalue weighted by molar-refractivity contribution is 0.193. The summed E-state index contributed by atoms with van der Waals surface area (Å²) in [4.78, 5) is 0. The van der Waals surface area contributed by atoms with Gasteiger partial charge < -0.3 is 15.5 Å². The maximum absolute atomic E-state index is 9.79. The van der Waals surface area contributed by atoms with E-state index in [-0.39, 0.29) is 13.2 Å². The molecule has 0 aromatic rings. The Morgan fingerprint density at radius 1 is 0.415 bits per heavy atom. The van der Waals surface area contributed by atoms with Crippen LogP contribution in [0.3, 0.4) is 0 Å². The molecule has 0 radical (unpaired) electrons. The van der Waals surface area contributed by atoms with Gasteiger partial charge in [0, 0.05) is 26.3 Å². The smallest absolute Gasteiger partial charge is 0.0471 e. The molecule has 0 bridgehead atoms. The molecule has 0 saturated heterocycles. The van der Waals surface area contributed by atoms with Crippen LogP contribution in [0.4, 0.5) is 0 Å². The van der Waals surface area contributed by atoms with Crippen molar-refractivity contribution in [3.8, 4) is 0 Å². The Kier molecular flexibility index (Phi) is 35.0. The van der Waals surface area contributed by atoms with Gasteiger partial charge >= 0.3 is 0 Å². The number of rotatable bonds is 34. The molecule has 3 N–H and O–H groups in total. The standard InChI is InChI=1S/C38H75NO2/c1-3-5-7-9-11-13-15-17-19-21-23-25-27-29-31-37(35-40)33-39-34-38(36-41)32-30-28-26-24-22-20-18-16-14-12-10-8-6-4-2/h17-20,37-41H,3-16,21-36H2,1-2H3. The van der Waals surface area contributed by atoms with Crippen LogP contribution in [0.25, 0.3) is 0 Å². The summed E-state index contributed by atoms with van der Waals surface area (Å²) < 4.78 is 0. The fourth-order valence-corrected chi connectivity index (χ4v) is 5.66. The first kappa shape index (κ1) is 40.4. The highest BCUT2D eigenvalue weighted by Crippen LogP contribution is 2.14. The van der Waals surface area contributed by atoms with Gasteiger partial charge in [-0.05, 0) is 76.0 Å². The van der Waals surface area contributed by atoms with Gasteiger partial charge in [-0.15, -0.1) is 0 Å². The van der Waals surface area contributed by atoms with Crippen molar-refractivity contribution in [2.75, 3.05) is 26.3 Å². The van der Waals surface area contributed by atoms with Gasteiger partial charge in [-0.1, -0.05) is 141 Å². The molecule has 0 fully saturated rings. The minimum atomic E-state index is 0.269. The summed E-state index contributed by atoms with van der Waals surface area (Å²) in [7, 11) is 0. The second-order valence-electron chi connectivity index (χ2n) is 12.8. The molecular weight excluding hydrogens is 502 g/mol. The van der Waals surface area contributed by atoms with Crippen LogP contribution in [-0.4, -0.2) is 36.5 Å². The zero-order valence-electron chi connectivity index (χ0n) is 28.1. The summed E-state index contributed by atoms with van der Waals surface area (Å²) in [6.07, 6.45) is 43.5. The van der Waals surface area contributed by atoms with Gasteiger partial charge in [0.2, 0.25) is 0 Å². The van der Waals surface area contributed by atoms with Crippen molar-refractivity contribution in [1.29, 1.82) is 0 Å². The number of aliphatic hydroxyl groups is 2. The highest BCUT2D eigenvalue weighted by molar-refractivity contribution is 4.82. The maximum Gasteiger partial charge on any atom is 0.0471 e. The van der Waals surface area contributed by atoms with Crippen molar-refractivity contribution in [3.63, 3.8) is 0 Å². The minimum Gasteiger partial charge on any atom is -0.396 e. The molecule has 244 valence electrons. The first-order chi connectivity index (χ1) is 20.3. The van der Waals surface area contributed by atoms with E-state index in [2.05, 4.69) is 43.5 Å². The SMILES string of the molecule is CCCCCCCCC=CCCCCCCC(CO)CNCC(CO)CCCCCCC=CCCCCCCCC. The Balaban J connectivity index is 3.58. The van der Waals surface area contributed by atoms with E-state index in [1.807, 2.05) is 0 Å². The van der Waals surface area contributed by atoms with E-state index in [1.165, 1.54) is 154 Å². The van der Waals surface area contributed by atoms with Gasteiger partial charge in [-0.25, -0.2) is 0 Å². The predicted molar refractivity (Wildman–Crippen MR) is 184 cm³/mol. The lowest BCUT2D eigenvalue weighted by Crippen LogP contribution is -2.31. The molecule has 0 aliphatic rings. The van der Waals surface area contributed by atoms with Gasteiger partial charge in [-0.2, -0.15) is 0 Å². The molecule has 0 saturated carbocycles. The van der Waals surface area contributed by atoms with Gasteiger partial charge in [-0.3, -0.25) is 0 Å². The Bertz CT molecular complexity index is 486. The summed E-state index contributed by atoms with van der Waals surface area (Å²) in [5, 5.41) is 23.1. The minimum absolute atomic E-state index is 0.269. The molecule has 2 atom stereocenters.